The number of hydrogen-bond donors (Lipinski definition) is 2. The highest BCUT2D eigenvalue weighted by Crippen LogP contribution is 2.29. The van der Waals surface area contributed by atoms with E-state index in [-0.39, 0.29) is 6.04 Å². The first-order chi connectivity index (χ1) is 9.20. The Morgan fingerprint density at radius 3 is 2.47 bits per heavy atom. The van der Waals surface area contributed by atoms with Gasteiger partial charge in [0.05, 0.1) is 6.04 Å². The predicted octanol–water partition coefficient (Wildman–Crippen LogP) is 4.43. The Morgan fingerprint density at radius 2 is 1.84 bits per heavy atom. The van der Waals surface area contributed by atoms with Gasteiger partial charge in [-0.15, -0.1) is 6.58 Å². The average molecular weight is 253 g/mol. The Morgan fingerprint density at radius 1 is 1.16 bits per heavy atom. The Balaban J connectivity index is 2.23. The Bertz CT molecular complexity index is 545. The standard InChI is InChI=1S/C17H19NO/c1-3-6-16(15-7-4-5-8-17(15)19)18-14-11-9-13(2)10-12-14/h3-5,7-12,16,18-19H,1,6H2,2H3. The molecule has 0 saturated heterocycles. The van der Waals surface area contributed by atoms with Crippen molar-refractivity contribution in [1.29, 1.82) is 0 Å². The topological polar surface area (TPSA) is 32.3 Å². The molecule has 0 aliphatic rings. The highest BCUT2D eigenvalue weighted by molar-refractivity contribution is 5.48. The van der Waals surface area contributed by atoms with Gasteiger partial charge < -0.3 is 10.4 Å². The van der Waals surface area contributed by atoms with E-state index in [1.807, 2.05) is 36.4 Å². The number of nitrogens with one attached hydrogen (secondary N) is 1. The SMILES string of the molecule is C=CCC(Nc1ccc(C)cc1)c1ccccc1O. The van der Waals surface area contributed by atoms with Gasteiger partial charge in [0, 0.05) is 11.3 Å². The number of hydrogen-bond acceptors (Lipinski definition) is 2. The third-order valence-corrected chi connectivity index (χ3v) is 3.11. The number of phenols is 1. The highest BCUT2D eigenvalue weighted by atomic mass is 16.3. The summed E-state index contributed by atoms with van der Waals surface area (Å²) in [5, 5.41) is 13.4. The molecule has 2 nitrogen and oxygen atoms in total. The Hall–Kier alpha value is -2.22. The molecule has 0 heterocycles. The molecule has 0 fully saturated rings. The maximum Gasteiger partial charge on any atom is 0.120 e. The summed E-state index contributed by atoms with van der Waals surface area (Å²) >= 11 is 0. The second-order valence-electron chi connectivity index (χ2n) is 4.65. The Labute approximate surface area is 114 Å². The number of benzene rings is 2. The van der Waals surface area contributed by atoms with Crippen LogP contribution in [0.4, 0.5) is 5.69 Å². The maximum atomic E-state index is 9.96. The molecule has 2 N–H and O–H groups in total. The van der Waals surface area contributed by atoms with Crippen molar-refractivity contribution < 1.29 is 5.11 Å². The van der Waals surface area contributed by atoms with Crippen molar-refractivity contribution in [3.8, 4) is 5.75 Å². The first-order valence-corrected chi connectivity index (χ1v) is 6.42. The van der Waals surface area contributed by atoms with Crippen LogP contribution in [-0.2, 0) is 0 Å². The molecule has 0 aliphatic carbocycles. The number of phenolic OH excluding ortho intramolecular Hbond substituents is 1. The molecule has 2 rings (SSSR count). The molecule has 1 unspecified atom stereocenters. The zero-order chi connectivity index (χ0) is 13.7. The fourth-order valence-corrected chi connectivity index (χ4v) is 2.06. The average Bonchev–Trinajstić information content (AvgIpc) is 2.41. The molecule has 0 aromatic heterocycles. The van der Waals surface area contributed by atoms with Gasteiger partial charge in [-0.3, -0.25) is 0 Å². The van der Waals surface area contributed by atoms with E-state index in [4.69, 9.17) is 0 Å². The molecule has 0 bridgehead atoms. The zero-order valence-electron chi connectivity index (χ0n) is 11.1. The van der Waals surface area contributed by atoms with Crippen LogP contribution in [0, 0.1) is 6.92 Å². The van der Waals surface area contributed by atoms with E-state index in [1.165, 1.54) is 5.56 Å². The summed E-state index contributed by atoms with van der Waals surface area (Å²) in [4.78, 5) is 0. The van der Waals surface area contributed by atoms with Crippen LogP contribution in [0.1, 0.15) is 23.6 Å². The van der Waals surface area contributed by atoms with E-state index < -0.39 is 0 Å². The van der Waals surface area contributed by atoms with Crippen LogP contribution in [0.15, 0.2) is 61.2 Å². The smallest absolute Gasteiger partial charge is 0.120 e. The minimum absolute atomic E-state index is 0.0291. The Kier molecular flexibility index (Phi) is 4.24. The minimum Gasteiger partial charge on any atom is -0.508 e. The van der Waals surface area contributed by atoms with Crippen molar-refractivity contribution in [1.82, 2.24) is 0 Å². The summed E-state index contributed by atoms with van der Waals surface area (Å²) in [5.41, 5.74) is 3.16. The van der Waals surface area contributed by atoms with E-state index >= 15 is 0 Å². The molecule has 0 aliphatic heterocycles. The van der Waals surface area contributed by atoms with Gasteiger partial charge in [-0.05, 0) is 31.5 Å². The van der Waals surface area contributed by atoms with Gasteiger partial charge in [0.1, 0.15) is 5.75 Å². The molecule has 2 aromatic carbocycles. The van der Waals surface area contributed by atoms with Gasteiger partial charge >= 0.3 is 0 Å². The lowest BCUT2D eigenvalue weighted by molar-refractivity contribution is 0.464. The number of aromatic hydroxyl groups is 1. The van der Waals surface area contributed by atoms with Crippen molar-refractivity contribution in [3.63, 3.8) is 0 Å². The van der Waals surface area contributed by atoms with Crippen molar-refractivity contribution >= 4 is 5.69 Å². The van der Waals surface area contributed by atoms with Crippen LogP contribution in [0.2, 0.25) is 0 Å². The first kappa shape index (κ1) is 13.2. The second-order valence-corrected chi connectivity index (χ2v) is 4.65. The third-order valence-electron chi connectivity index (χ3n) is 3.11. The van der Waals surface area contributed by atoms with Gasteiger partial charge in [0.25, 0.3) is 0 Å². The normalized spacial score (nSPS) is 11.8. The molecule has 0 saturated carbocycles. The predicted molar refractivity (Wildman–Crippen MR) is 80.5 cm³/mol. The largest absolute Gasteiger partial charge is 0.508 e. The summed E-state index contributed by atoms with van der Waals surface area (Å²) in [6, 6.07) is 15.7. The molecule has 0 amide bonds. The fraction of sp³-hybridized carbons (Fsp3) is 0.176. The van der Waals surface area contributed by atoms with Gasteiger partial charge in [-0.1, -0.05) is 42.0 Å². The summed E-state index contributed by atoms with van der Waals surface area (Å²) in [6.45, 7) is 5.85. The van der Waals surface area contributed by atoms with Crippen LogP contribution in [0.25, 0.3) is 0 Å². The molecule has 98 valence electrons. The van der Waals surface area contributed by atoms with Gasteiger partial charge in [0.15, 0.2) is 0 Å². The lowest BCUT2D eigenvalue weighted by Crippen LogP contribution is -2.10. The zero-order valence-corrected chi connectivity index (χ0v) is 11.1. The van der Waals surface area contributed by atoms with Crippen LogP contribution in [-0.4, -0.2) is 5.11 Å². The van der Waals surface area contributed by atoms with Crippen molar-refractivity contribution in [2.45, 2.75) is 19.4 Å². The lowest BCUT2D eigenvalue weighted by atomic mass is 10.0. The number of para-hydroxylation sites is 1. The quantitative estimate of drug-likeness (QED) is 0.773. The molecule has 2 aromatic rings. The molecule has 2 heteroatoms. The molecule has 0 spiro atoms. The van der Waals surface area contributed by atoms with E-state index in [2.05, 4.69) is 31.0 Å². The fourth-order valence-electron chi connectivity index (χ4n) is 2.06. The molecule has 0 radical (unpaired) electrons. The van der Waals surface area contributed by atoms with E-state index in [0.717, 1.165) is 17.7 Å². The summed E-state index contributed by atoms with van der Waals surface area (Å²) in [7, 11) is 0. The van der Waals surface area contributed by atoms with Crippen LogP contribution in [0.5, 0.6) is 5.75 Å². The second kappa shape index (κ2) is 6.10. The van der Waals surface area contributed by atoms with Crippen molar-refractivity contribution in [3.05, 3.63) is 72.3 Å². The minimum atomic E-state index is 0.0291. The maximum absolute atomic E-state index is 9.96. The third kappa shape index (κ3) is 3.38. The van der Waals surface area contributed by atoms with Gasteiger partial charge in [-0.2, -0.15) is 0 Å². The van der Waals surface area contributed by atoms with Gasteiger partial charge in [-0.25, -0.2) is 0 Å². The number of rotatable bonds is 5. The number of anilines is 1. The monoisotopic (exact) mass is 253 g/mol. The molecular weight excluding hydrogens is 234 g/mol. The van der Waals surface area contributed by atoms with E-state index in [0.29, 0.717) is 5.75 Å². The summed E-state index contributed by atoms with van der Waals surface area (Å²) in [6.07, 6.45) is 2.61. The first-order valence-electron chi connectivity index (χ1n) is 6.42. The van der Waals surface area contributed by atoms with Crippen LogP contribution < -0.4 is 5.32 Å². The van der Waals surface area contributed by atoms with Crippen molar-refractivity contribution in [2.75, 3.05) is 5.32 Å². The van der Waals surface area contributed by atoms with Crippen LogP contribution >= 0.6 is 0 Å². The van der Waals surface area contributed by atoms with E-state index in [9.17, 15) is 5.11 Å². The summed E-state index contributed by atoms with van der Waals surface area (Å²) < 4.78 is 0. The molecule has 1 atom stereocenters. The van der Waals surface area contributed by atoms with E-state index in [1.54, 1.807) is 6.07 Å². The molecule has 19 heavy (non-hydrogen) atoms. The van der Waals surface area contributed by atoms with Crippen LogP contribution in [0.3, 0.4) is 0 Å². The summed E-state index contributed by atoms with van der Waals surface area (Å²) in [5.74, 6) is 0.314. The number of aryl methyl sites for hydroxylation is 1. The highest BCUT2D eigenvalue weighted by Gasteiger charge is 2.13. The van der Waals surface area contributed by atoms with Gasteiger partial charge in [0.2, 0.25) is 0 Å². The molecular formula is C17H19NO. The van der Waals surface area contributed by atoms with Crippen molar-refractivity contribution in [2.24, 2.45) is 0 Å². The lowest BCUT2D eigenvalue weighted by Gasteiger charge is -2.20.